The first kappa shape index (κ1) is 13.8. The Morgan fingerprint density at radius 3 is 2.59 bits per heavy atom. The van der Waals surface area contributed by atoms with E-state index >= 15 is 0 Å². The third-order valence-corrected chi connectivity index (χ3v) is 2.19. The highest BCUT2D eigenvalue weighted by molar-refractivity contribution is 7.80. The van der Waals surface area contributed by atoms with Crippen molar-refractivity contribution in [1.29, 1.82) is 0 Å². The molecule has 1 aromatic carbocycles. The summed E-state index contributed by atoms with van der Waals surface area (Å²) in [5.74, 6) is 0.347. The normalized spacial score (nSPS) is 11.8. The molecule has 0 fully saturated rings. The Bertz CT molecular complexity index is 416. The molecule has 0 amide bonds. The van der Waals surface area contributed by atoms with Crippen molar-refractivity contribution >= 4 is 24.7 Å². The van der Waals surface area contributed by atoms with Crippen LogP contribution in [0.1, 0.15) is 36.7 Å². The maximum absolute atomic E-state index is 12.0. The Kier molecular flexibility index (Phi) is 4.82. The predicted molar refractivity (Wildman–Crippen MR) is 74.5 cm³/mol. The molecule has 0 N–H and O–H groups in total. The summed E-state index contributed by atoms with van der Waals surface area (Å²) in [5.41, 5.74) is 0.966. The maximum Gasteiger partial charge on any atom is 0.339 e. The molecule has 17 heavy (non-hydrogen) atoms. The molecule has 0 heterocycles. The van der Waals surface area contributed by atoms with Crippen molar-refractivity contribution < 1.29 is 9.53 Å². The molecular weight excluding hydrogens is 232 g/mol. The molecule has 0 atom stereocenters. The second-order valence-electron chi connectivity index (χ2n) is 4.67. The molecule has 2 nitrogen and oxygen atoms in total. The van der Waals surface area contributed by atoms with Gasteiger partial charge in [-0.1, -0.05) is 30.4 Å². The molecule has 0 spiro atoms. The summed E-state index contributed by atoms with van der Waals surface area (Å²) in [7, 11) is 0. The second kappa shape index (κ2) is 5.92. The number of esters is 1. The van der Waals surface area contributed by atoms with Gasteiger partial charge in [-0.15, -0.1) is 0 Å². The van der Waals surface area contributed by atoms with Gasteiger partial charge >= 0.3 is 5.97 Å². The molecule has 0 radical (unpaired) electrons. The van der Waals surface area contributed by atoms with E-state index in [1.54, 1.807) is 6.07 Å². The number of rotatable bonds is 3. The third kappa shape index (κ3) is 4.65. The van der Waals surface area contributed by atoms with Crippen molar-refractivity contribution in [3.63, 3.8) is 0 Å². The third-order valence-electron chi connectivity index (χ3n) is 1.98. The van der Waals surface area contributed by atoms with Crippen molar-refractivity contribution in [2.24, 2.45) is 0 Å². The van der Waals surface area contributed by atoms with Crippen LogP contribution in [0.15, 0.2) is 30.3 Å². The quantitative estimate of drug-likeness (QED) is 0.655. The van der Waals surface area contributed by atoms with Gasteiger partial charge in [0, 0.05) is 5.75 Å². The van der Waals surface area contributed by atoms with Gasteiger partial charge in [0.25, 0.3) is 0 Å². The van der Waals surface area contributed by atoms with Gasteiger partial charge in [-0.25, -0.2) is 4.79 Å². The molecule has 0 unspecified atom stereocenters. The van der Waals surface area contributed by atoms with E-state index in [4.69, 9.17) is 4.74 Å². The lowest BCUT2D eigenvalue weighted by Gasteiger charge is -2.20. The molecule has 1 aromatic rings. The summed E-state index contributed by atoms with van der Waals surface area (Å²) in [5, 5.41) is 0. The summed E-state index contributed by atoms with van der Waals surface area (Å²) in [6.07, 6.45) is 3.78. The van der Waals surface area contributed by atoms with E-state index in [2.05, 4.69) is 12.6 Å². The van der Waals surface area contributed by atoms with Gasteiger partial charge in [0.05, 0.1) is 5.56 Å². The Morgan fingerprint density at radius 2 is 2.00 bits per heavy atom. The zero-order valence-electron chi connectivity index (χ0n) is 10.4. The molecule has 3 heteroatoms. The van der Waals surface area contributed by atoms with Crippen molar-refractivity contribution in [1.82, 2.24) is 0 Å². The van der Waals surface area contributed by atoms with Gasteiger partial charge in [-0.3, -0.25) is 0 Å². The number of hydrogen-bond acceptors (Lipinski definition) is 3. The number of thiol groups is 1. The molecule has 0 aliphatic rings. The molecule has 0 saturated carbocycles. The van der Waals surface area contributed by atoms with E-state index in [0.29, 0.717) is 11.3 Å². The number of hydrogen-bond donors (Lipinski definition) is 1. The van der Waals surface area contributed by atoms with Crippen LogP contribution < -0.4 is 0 Å². The highest BCUT2D eigenvalue weighted by Crippen LogP contribution is 2.16. The van der Waals surface area contributed by atoms with Gasteiger partial charge in [0.1, 0.15) is 5.60 Å². The summed E-state index contributed by atoms with van der Waals surface area (Å²) >= 11 is 4.10. The van der Waals surface area contributed by atoms with E-state index in [0.717, 1.165) is 5.56 Å². The summed E-state index contributed by atoms with van der Waals surface area (Å²) in [4.78, 5) is 12.0. The number of carbonyl (C=O) groups excluding carboxylic acids is 1. The van der Waals surface area contributed by atoms with Gasteiger partial charge in [-0.2, -0.15) is 12.6 Å². The average molecular weight is 250 g/mol. The first-order valence-corrected chi connectivity index (χ1v) is 6.17. The smallest absolute Gasteiger partial charge is 0.339 e. The Labute approximate surface area is 108 Å². The van der Waals surface area contributed by atoms with Crippen LogP contribution in [0.5, 0.6) is 0 Å². The van der Waals surface area contributed by atoms with Gasteiger partial charge in [-0.05, 0) is 32.4 Å². The Balaban J connectivity index is 2.97. The van der Waals surface area contributed by atoms with E-state index in [1.165, 1.54) is 0 Å². The van der Waals surface area contributed by atoms with Crippen LogP contribution in [-0.4, -0.2) is 17.3 Å². The lowest BCUT2D eigenvalue weighted by molar-refractivity contribution is 0.00693. The fraction of sp³-hybridized carbons (Fsp3) is 0.357. The molecular formula is C14H18O2S. The minimum Gasteiger partial charge on any atom is -0.456 e. The van der Waals surface area contributed by atoms with Crippen LogP contribution in [0, 0.1) is 0 Å². The molecule has 0 bridgehead atoms. The lowest BCUT2D eigenvalue weighted by Crippen LogP contribution is -2.24. The predicted octanol–water partition coefficient (Wildman–Crippen LogP) is 3.58. The van der Waals surface area contributed by atoms with E-state index in [-0.39, 0.29) is 5.97 Å². The zero-order valence-corrected chi connectivity index (χ0v) is 11.3. The van der Waals surface area contributed by atoms with Crippen molar-refractivity contribution in [3.05, 3.63) is 41.5 Å². The fourth-order valence-electron chi connectivity index (χ4n) is 1.34. The molecule has 0 saturated heterocycles. The zero-order chi connectivity index (χ0) is 12.9. The maximum atomic E-state index is 12.0. The second-order valence-corrected chi connectivity index (χ2v) is 5.04. The number of carbonyl (C=O) groups is 1. The van der Waals surface area contributed by atoms with Crippen molar-refractivity contribution in [2.45, 2.75) is 26.4 Å². The molecule has 0 aliphatic carbocycles. The molecule has 1 rings (SSSR count). The van der Waals surface area contributed by atoms with Crippen LogP contribution in [-0.2, 0) is 4.74 Å². The molecule has 0 aromatic heterocycles. The highest BCUT2D eigenvalue weighted by Gasteiger charge is 2.19. The van der Waals surface area contributed by atoms with Crippen LogP contribution in [0.25, 0.3) is 6.08 Å². The number of ether oxygens (including phenoxy) is 1. The molecule has 92 valence electrons. The summed E-state index contributed by atoms with van der Waals surface area (Å²) in [6.45, 7) is 5.57. The van der Waals surface area contributed by atoms with E-state index in [1.807, 2.05) is 51.1 Å². The minimum atomic E-state index is -0.475. The standard InChI is InChI=1S/C14H18O2S/c1-14(2,3)16-13(15)12-9-5-4-7-11(12)8-6-10-17/h4-9,17H,10H2,1-3H3. The Morgan fingerprint density at radius 1 is 1.35 bits per heavy atom. The van der Waals surface area contributed by atoms with E-state index < -0.39 is 5.60 Å². The SMILES string of the molecule is CC(C)(C)OC(=O)c1ccccc1C=CCS. The van der Waals surface area contributed by atoms with Gasteiger partial charge in [0.2, 0.25) is 0 Å². The monoisotopic (exact) mass is 250 g/mol. The average Bonchev–Trinajstić information content (AvgIpc) is 2.24. The first-order chi connectivity index (χ1) is 7.94. The van der Waals surface area contributed by atoms with Gasteiger partial charge in [0.15, 0.2) is 0 Å². The summed E-state index contributed by atoms with van der Waals surface area (Å²) < 4.78 is 5.35. The minimum absolute atomic E-state index is 0.295. The molecule has 0 aliphatic heterocycles. The lowest BCUT2D eigenvalue weighted by atomic mass is 10.1. The Hall–Kier alpha value is -1.22. The van der Waals surface area contributed by atoms with Crippen LogP contribution >= 0.6 is 12.6 Å². The summed E-state index contributed by atoms with van der Waals surface area (Å²) in [6, 6.07) is 7.38. The van der Waals surface area contributed by atoms with Crippen LogP contribution in [0.4, 0.5) is 0 Å². The highest BCUT2D eigenvalue weighted by atomic mass is 32.1. The first-order valence-electron chi connectivity index (χ1n) is 5.54. The fourth-order valence-corrected chi connectivity index (χ4v) is 1.45. The van der Waals surface area contributed by atoms with Crippen LogP contribution in [0.2, 0.25) is 0 Å². The number of benzene rings is 1. The largest absolute Gasteiger partial charge is 0.456 e. The van der Waals surface area contributed by atoms with Crippen molar-refractivity contribution in [2.75, 3.05) is 5.75 Å². The topological polar surface area (TPSA) is 26.3 Å². The van der Waals surface area contributed by atoms with Gasteiger partial charge < -0.3 is 4.74 Å². The van der Waals surface area contributed by atoms with E-state index in [9.17, 15) is 4.79 Å². The van der Waals surface area contributed by atoms with Crippen LogP contribution in [0.3, 0.4) is 0 Å². The van der Waals surface area contributed by atoms with Crippen molar-refractivity contribution in [3.8, 4) is 0 Å².